The third-order valence-corrected chi connectivity index (χ3v) is 3.16. The number of para-hydroxylation sites is 1. The molecule has 2 aromatic carbocycles. The van der Waals surface area contributed by atoms with E-state index in [0.717, 1.165) is 10.0 Å². The third-order valence-electron chi connectivity index (χ3n) is 2.38. The van der Waals surface area contributed by atoms with Crippen molar-refractivity contribution < 1.29 is 9.84 Å². The molecular formula is C13H12BrNO2. The first kappa shape index (κ1) is 11.8. The molecule has 88 valence electrons. The quantitative estimate of drug-likeness (QED) is 0.674. The van der Waals surface area contributed by atoms with E-state index in [-0.39, 0.29) is 11.4 Å². The van der Waals surface area contributed by atoms with Gasteiger partial charge in [0.25, 0.3) is 0 Å². The number of nitrogens with two attached hydrogens (primary N) is 1. The largest absolute Gasteiger partial charge is 0.506 e. The van der Waals surface area contributed by atoms with Crippen LogP contribution in [0.4, 0.5) is 5.69 Å². The van der Waals surface area contributed by atoms with Crippen LogP contribution in [0.25, 0.3) is 0 Å². The van der Waals surface area contributed by atoms with Gasteiger partial charge in [-0.15, -0.1) is 0 Å². The molecule has 3 nitrogen and oxygen atoms in total. The number of ether oxygens (including phenoxy) is 1. The fourth-order valence-corrected chi connectivity index (χ4v) is 1.83. The Bertz CT molecular complexity index is 529. The SMILES string of the molecule is Nc1c(O)cccc1OCc1ccccc1Br. The first-order valence-corrected chi connectivity index (χ1v) is 5.91. The second-order valence-corrected chi connectivity index (χ2v) is 4.42. The van der Waals surface area contributed by atoms with Crippen LogP contribution in [0.3, 0.4) is 0 Å². The van der Waals surface area contributed by atoms with E-state index < -0.39 is 0 Å². The summed E-state index contributed by atoms with van der Waals surface area (Å²) < 4.78 is 6.55. The van der Waals surface area contributed by atoms with Crippen molar-refractivity contribution in [3.63, 3.8) is 0 Å². The highest BCUT2D eigenvalue weighted by atomic mass is 79.9. The standard InChI is InChI=1S/C13H12BrNO2/c14-10-5-2-1-4-9(10)8-17-12-7-3-6-11(16)13(12)15/h1-7,16H,8,15H2. The highest BCUT2D eigenvalue weighted by Gasteiger charge is 2.05. The maximum atomic E-state index is 9.44. The van der Waals surface area contributed by atoms with Crippen LogP contribution in [0.15, 0.2) is 46.9 Å². The zero-order valence-corrected chi connectivity index (χ0v) is 10.6. The number of halogens is 1. The Hall–Kier alpha value is -1.68. The van der Waals surface area contributed by atoms with Crippen LogP contribution in [-0.4, -0.2) is 5.11 Å². The predicted molar refractivity (Wildman–Crippen MR) is 71.0 cm³/mol. The van der Waals surface area contributed by atoms with Gasteiger partial charge >= 0.3 is 0 Å². The van der Waals surface area contributed by atoms with Crippen molar-refractivity contribution in [1.29, 1.82) is 0 Å². The van der Waals surface area contributed by atoms with Gasteiger partial charge < -0.3 is 15.6 Å². The summed E-state index contributed by atoms with van der Waals surface area (Å²) in [6.07, 6.45) is 0. The summed E-state index contributed by atoms with van der Waals surface area (Å²) in [4.78, 5) is 0. The monoisotopic (exact) mass is 293 g/mol. The Balaban J connectivity index is 2.13. The van der Waals surface area contributed by atoms with Crippen molar-refractivity contribution in [1.82, 2.24) is 0 Å². The average Bonchev–Trinajstić information content (AvgIpc) is 2.33. The molecule has 17 heavy (non-hydrogen) atoms. The molecule has 0 aromatic heterocycles. The van der Waals surface area contributed by atoms with Crippen LogP contribution in [0.5, 0.6) is 11.5 Å². The molecule has 2 rings (SSSR count). The van der Waals surface area contributed by atoms with Gasteiger partial charge in [-0.2, -0.15) is 0 Å². The van der Waals surface area contributed by atoms with Gasteiger partial charge in [-0.25, -0.2) is 0 Å². The molecule has 4 heteroatoms. The van der Waals surface area contributed by atoms with Gasteiger partial charge in [-0.1, -0.05) is 40.2 Å². The van der Waals surface area contributed by atoms with Crippen molar-refractivity contribution in [2.45, 2.75) is 6.61 Å². The number of aromatic hydroxyl groups is 1. The number of phenolic OH excluding ortho intramolecular Hbond substituents is 1. The van der Waals surface area contributed by atoms with Gasteiger partial charge in [0.2, 0.25) is 0 Å². The highest BCUT2D eigenvalue weighted by Crippen LogP contribution is 2.31. The van der Waals surface area contributed by atoms with Crippen LogP contribution in [0.2, 0.25) is 0 Å². The number of anilines is 1. The molecule has 0 aliphatic carbocycles. The molecule has 3 N–H and O–H groups in total. The van der Waals surface area contributed by atoms with Crippen LogP contribution >= 0.6 is 15.9 Å². The lowest BCUT2D eigenvalue weighted by Gasteiger charge is -2.10. The summed E-state index contributed by atoms with van der Waals surface area (Å²) in [6, 6.07) is 12.7. The van der Waals surface area contributed by atoms with Gasteiger partial charge in [0.05, 0.1) is 0 Å². The fourth-order valence-electron chi connectivity index (χ4n) is 1.43. The van der Waals surface area contributed by atoms with E-state index >= 15 is 0 Å². The Kier molecular flexibility index (Phi) is 3.54. The third kappa shape index (κ3) is 2.71. The van der Waals surface area contributed by atoms with E-state index in [9.17, 15) is 5.11 Å². The molecular weight excluding hydrogens is 282 g/mol. The lowest BCUT2D eigenvalue weighted by atomic mass is 10.2. The van der Waals surface area contributed by atoms with Crippen molar-refractivity contribution in [3.8, 4) is 11.5 Å². The zero-order chi connectivity index (χ0) is 12.3. The van der Waals surface area contributed by atoms with Gasteiger partial charge in [0.15, 0.2) is 0 Å². The van der Waals surface area contributed by atoms with E-state index in [1.807, 2.05) is 24.3 Å². The van der Waals surface area contributed by atoms with Gasteiger partial charge in [-0.05, 0) is 18.2 Å². The topological polar surface area (TPSA) is 55.5 Å². The summed E-state index contributed by atoms with van der Waals surface area (Å²) in [6.45, 7) is 0.398. The Morgan fingerprint density at radius 3 is 2.65 bits per heavy atom. The number of hydrogen-bond acceptors (Lipinski definition) is 3. The number of rotatable bonds is 3. The Morgan fingerprint density at radius 1 is 1.12 bits per heavy atom. The van der Waals surface area contributed by atoms with E-state index in [1.165, 1.54) is 6.07 Å². The molecule has 0 saturated heterocycles. The van der Waals surface area contributed by atoms with Gasteiger partial charge in [0.1, 0.15) is 23.8 Å². The minimum Gasteiger partial charge on any atom is -0.506 e. The highest BCUT2D eigenvalue weighted by molar-refractivity contribution is 9.10. The van der Waals surface area contributed by atoms with Crippen molar-refractivity contribution in [3.05, 3.63) is 52.5 Å². The molecule has 0 atom stereocenters. The predicted octanol–water partition coefficient (Wildman–Crippen LogP) is 3.32. The maximum Gasteiger partial charge on any atom is 0.146 e. The van der Waals surface area contributed by atoms with Crippen LogP contribution < -0.4 is 10.5 Å². The first-order valence-electron chi connectivity index (χ1n) is 5.12. The van der Waals surface area contributed by atoms with Crippen LogP contribution in [-0.2, 0) is 6.61 Å². The lowest BCUT2D eigenvalue weighted by molar-refractivity contribution is 0.305. The second kappa shape index (κ2) is 5.10. The van der Waals surface area contributed by atoms with Crippen LogP contribution in [0, 0.1) is 0 Å². The number of phenols is 1. The normalized spacial score (nSPS) is 10.2. The van der Waals surface area contributed by atoms with E-state index in [0.29, 0.717) is 12.4 Å². The Morgan fingerprint density at radius 2 is 1.88 bits per heavy atom. The fraction of sp³-hybridized carbons (Fsp3) is 0.0769. The van der Waals surface area contributed by atoms with Gasteiger partial charge in [-0.3, -0.25) is 0 Å². The smallest absolute Gasteiger partial charge is 0.146 e. The number of nitrogen functional groups attached to an aromatic ring is 1. The average molecular weight is 294 g/mol. The lowest BCUT2D eigenvalue weighted by Crippen LogP contribution is -1.99. The van der Waals surface area contributed by atoms with E-state index in [2.05, 4.69) is 15.9 Å². The summed E-state index contributed by atoms with van der Waals surface area (Å²) in [5.41, 5.74) is 6.98. The molecule has 0 aliphatic heterocycles. The number of benzene rings is 2. The van der Waals surface area contributed by atoms with Crippen molar-refractivity contribution in [2.24, 2.45) is 0 Å². The Labute approximate surface area is 108 Å². The summed E-state index contributed by atoms with van der Waals surface area (Å²) in [5, 5.41) is 9.44. The molecule has 2 aromatic rings. The zero-order valence-electron chi connectivity index (χ0n) is 9.06. The molecule has 0 radical (unpaired) electrons. The first-order chi connectivity index (χ1) is 8.18. The summed E-state index contributed by atoms with van der Waals surface area (Å²) in [7, 11) is 0. The molecule has 0 heterocycles. The number of hydrogen-bond donors (Lipinski definition) is 2. The van der Waals surface area contributed by atoms with E-state index in [1.54, 1.807) is 12.1 Å². The van der Waals surface area contributed by atoms with Crippen LogP contribution in [0.1, 0.15) is 5.56 Å². The van der Waals surface area contributed by atoms with Gasteiger partial charge in [0, 0.05) is 10.0 Å². The maximum absolute atomic E-state index is 9.44. The molecule has 0 unspecified atom stereocenters. The van der Waals surface area contributed by atoms with Crippen molar-refractivity contribution >= 4 is 21.6 Å². The molecule has 0 spiro atoms. The molecule has 0 amide bonds. The minimum absolute atomic E-state index is 0.0367. The minimum atomic E-state index is 0.0367. The van der Waals surface area contributed by atoms with E-state index in [4.69, 9.17) is 10.5 Å². The van der Waals surface area contributed by atoms with Crippen molar-refractivity contribution in [2.75, 3.05) is 5.73 Å². The summed E-state index contributed by atoms with van der Waals surface area (Å²) in [5.74, 6) is 0.524. The molecule has 0 saturated carbocycles. The molecule has 0 bridgehead atoms. The summed E-state index contributed by atoms with van der Waals surface area (Å²) >= 11 is 3.44. The molecule has 0 fully saturated rings. The second-order valence-electron chi connectivity index (χ2n) is 3.57. The molecule has 0 aliphatic rings.